The quantitative estimate of drug-likeness (QED) is 0.239. The second-order valence-corrected chi connectivity index (χ2v) is 13.3. The summed E-state index contributed by atoms with van der Waals surface area (Å²) < 4.78 is 37.1. The molecule has 7 nitrogen and oxygen atoms in total. The molecule has 3 aromatic carbocycles. The van der Waals surface area contributed by atoms with Gasteiger partial charge in [0.05, 0.1) is 36.7 Å². The first-order valence-electron chi connectivity index (χ1n) is 13.0. The van der Waals surface area contributed by atoms with Crippen molar-refractivity contribution in [2.24, 2.45) is 5.92 Å². The molecule has 2 heterocycles. The molecule has 208 valence electrons. The molecule has 0 aromatic heterocycles. The van der Waals surface area contributed by atoms with Gasteiger partial charge in [-0.3, -0.25) is 13.9 Å². The van der Waals surface area contributed by atoms with Gasteiger partial charge in [0.15, 0.2) is 0 Å². The standard InChI is InChI=1S/C30H33ClO7S/c1-20(38-25-7-5-24(6-8-25)30(15-29(32)33)18-36-19-30)22-3-2-4-23(13-22)27-10-9-26(14-28(27)31)37-16-21-11-12-39(34,35)17-21/h2-10,13-14,20-21,34-35H,11-12,15-19H2,1H3,(H,32,33). The van der Waals surface area contributed by atoms with Crippen molar-refractivity contribution in [2.75, 3.05) is 31.3 Å². The predicted octanol–water partition coefficient (Wildman–Crippen LogP) is 7.04. The Labute approximate surface area is 235 Å². The van der Waals surface area contributed by atoms with Gasteiger partial charge >= 0.3 is 5.97 Å². The molecule has 0 bridgehead atoms. The highest BCUT2D eigenvalue weighted by Crippen LogP contribution is 2.48. The number of ether oxygens (including phenoxy) is 3. The van der Waals surface area contributed by atoms with Crippen LogP contribution in [0.1, 0.15) is 37.0 Å². The average molecular weight is 573 g/mol. The van der Waals surface area contributed by atoms with Gasteiger partial charge < -0.3 is 19.3 Å². The molecule has 2 aliphatic rings. The van der Waals surface area contributed by atoms with Gasteiger partial charge in [-0.2, -0.15) is 10.6 Å². The molecule has 3 aromatic rings. The van der Waals surface area contributed by atoms with Crippen LogP contribution in [0.15, 0.2) is 66.7 Å². The summed E-state index contributed by atoms with van der Waals surface area (Å²) in [6.07, 6.45) is 0.573. The van der Waals surface area contributed by atoms with Crippen LogP contribution >= 0.6 is 22.2 Å². The van der Waals surface area contributed by atoms with Crippen LogP contribution in [0.5, 0.6) is 11.5 Å². The van der Waals surface area contributed by atoms with Gasteiger partial charge in [-0.1, -0.05) is 41.9 Å². The second kappa shape index (κ2) is 11.4. The van der Waals surface area contributed by atoms with Crippen molar-refractivity contribution in [2.45, 2.75) is 31.3 Å². The van der Waals surface area contributed by atoms with Gasteiger partial charge in [0.2, 0.25) is 0 Å². The Morgan fingerprint density at radius 1 is 1.10 bits per heavy atom. The summed E-state index contributed by atoms with van der Waals surface area (Å²) in [5.41, 5.74) is 3.30. The fourth-order valence-corrected chi connectivity index (χ4v) is 7.37. The Bertz CT molecular complexity index is 1320. The van der Waals surface area contributed by atoms with Crippen molar-refractivity contribution in [1.82, 2.24) is 0 Å². The van der Waals surface area contributed by atoms with E-state index >= 15 is 0 Å². The summed E-state index contributed by atoms with van der Waals surface area (Å²) in [6.45, 7) is 3.24. The van der Waals surface area contributed by atoms with Gasteiger partial charge in [0, 0.05) is 23.0 Å². The SMILES string of the molecule is CC(Oc1ccc(C2(CC(=O)O)COC2)cc1)c1cccc(-c2ccc(OCC3CCS(O)(O)C3)cc2Cl)c1. The van der Waals surface area contributed by atoms with Crippen LogP contribution in [-0.4, -0.2) is 51.5 Å². The molecule has 2 saturated heterocycles. The lowest BCUT2D eigenvalue weighted by Gasteiger charge is -2.40. The number of rotatable bonds is 10. The molecule has 0 radical (unpaired) electrons. The van der Waals surface area contributed by atoms with Crippen LogP contribution < -0.4 is 9.47 Å². The monoisotopic (exact) mass is 572 g/mol. The lowest BCUT2D eigenvalue weighted by Crippen LogP contribution is -2.48. The minimum absolute atomic E-state index is 0.0431. The molecule has 0 spiro atoms. The highest BCUT2D eigenvalue weighted by atomic mass is 35.5. The summed E-state index contributed by atoms with van der Waals surface area (Å²) >= 11 is 6.63. The van der Waals surface area contributed by atoms with Crippen LogP contribution in [0, 0.1) is 5.92 Å². The third-order valence-electron chi connectivity index (χ3n) is 7.47. The van der Waals surface area contributed by atoms with Crippen molar-refractivity contribution in [3.8, 4) is 22.6 Å². The van der Waals surface area contributed by atoms with Crippen molar-refractivity contribution in [3.05, 3.63) is 82.9 Å². The van der Waals surface area contributed by atoms with Gasteiger partial charge in [-0.15, -0.1) is 0 Å². The minimum atomic E-state index is -2.43. The highest BCUT2D eigenvalue weighted by Gasteiger charge is 2.42. The van der Waals surface area contributed by atoms with Crippen molar-refractivity contribution in [1.29, 1.82) is 0 Å². The van der Waals surface area contributed by atoms with E-state index in [1.54, 1.807) is 6.07 Å². The van der Waals surface area contributed by atoms with E-state index < -0.39 is 22.0 Å². The first-order valence-corrected chi connectivity index (χ1v) is 15.2. The summed E-state index contributed by atoms with van der Waals surface area (Å²) in [7, 11) is -2.43. The first-order chi connectivity index (χ1) is 18.6. The van der Waals surface area contributed by atoms with Gasteiger partial charge in [-0.05, 0) is 66.4 Å². The predicted molar refractivity (Wildman–Crippen MR) is 153 cm³/mol. The number of hydrogen-bond donors (Lipinski definition) is 3. The van der Waals surface area contributed by atoms with Crippen molar-refractivity contribution >= 4 is 28.2 Å². The smallest absolute Gasteiger partial charge is 0.304 e. The van der Waals surface area contributed by atoms with Crippen LogP contribution in [0.2, 0.25) is 5.02 Å². The second-order valence-electron chi connectivity index (χ2n) is 10.5. The minimum Gasteiger partial charge on any atom is -0.493 e. The van der Waals surface area contributed by atoms with Gasteiger partial charge in [0.1, 0.15) is 17.6 Å². The molecule has 2 atom stereocenters. The summed E-state index contributed by atoms with van der Waals surface area (Å²) in [5, 5.41) is 9.85. The van der Waals surface area contributed by atoms with E-state index in [4.69, 9.17) is 25.8 Å². The van der Waals surface area contributed by atoms with E-state index in [0.29, 0.717) is 47.8 Å². The Kier molecular flexibility index (Phi) is 8.12. The van der Waals surface area contributed by atoms with Crippen molar-refractivity contribution in [3.63, 3.8) is 0 Å². The Morgan fingerprint density at radius 2 is 1.85 bits per heavy atom. The molecule has 2 unspecified atom stereocenters. The largest absolute Gasteiger partial charge is 0.493 e. The Hall–Kier alpha value is -2.75. The van der Waals surface area contributed by atoms with E-state index in [2.05, 4.69) is 6.07 Å². The van der Waals surface area contributed by atoms with Crippen LogP contribution in [-0.2, 0) is 14.9 Å². The van der Waals surface area contributed by atoms with Crippen LogP contribution in [0.3, 0.4) is 0 Å². The van der Waals surface area contributed by atoms with E-state index in [1.807, 2.05) is 61.5 Å². The Morgan fingerprint density at radius 3 is 2.46 bits per heavy atom. The van der Waals surface area contributed by atoms with E-state index in [0.717, 1.165) is 28.7 Å². The maximum atomic E-state index is 11.3. The normalized spacial score (nSPS) is 21.0. The third kappa shape index (κ3) is 6.53. The zero-order valence-electron chi connectivity index (χ0n) is 21.7. The fraction of sp³-hybridized carbons (Fsp3) is 0.367. The molecule has 2 aliphatic heterocycles. The average Bonchev–Trinajstić information content (AvgIpc) is 3.24. The number of carboxylic acids is 1. The number of halogens is 1. The lowest BCUT2D eigenvalue weighted by atomic mass is 9.76. The molecule has 5 rings (SSSR count). The van der Waals surface area contributed by atoms with Gasteiger partial charge in [-0.25, -0.2) is 0 Å². The summed E-state index contributed by atoms with van der Waals surface area (Å²) in [4.78, 5) is 11.3. The van der Waals surface area contributed by atoms with Crippen LogP contribution in [0.25, 0.3) is 11.1 Å². The van der Waals surface area contributed by atoms with Crippen LogP contribution in [0.4, 0.5) is 0 Å². The molecule has 3 N–H and O–H groups in total. The van der Waals surface area contributed by atoms with E-state index in [1.165, 1.54) is 0 Å². The molecular weight excluding hydrogens is 540 g/mol. The number of hydrogen-bond acceptors (Lipinski definition) is 6. The molecule has 2 fully saturated rings. The lowest BCUT2D eigenvalue weighted by molar-refractivity contribution is -0.145. The number of carbonyl (C=O) groups is 1. The summed E-state index contributed by atoms with van der Waals surface area (Å²) in [5.74, 6) is 1.51. The third-order valence-corrected chi connectivity index (χ3v) is 9.68. The molecule has 0 amide bonds. The summed E-state index contributed by atoms with van der Waals surface area (Å²) in [6, 6.07) is 21.2. The zero-order valence-corrected chi connectivity index (χ0v) is 23.3. The maximum absolute atomic E-state index is 11.3. The maximum Gasteiger partial charge on any atom is 0.304 e. The highest BCUT2D eigenvalue weighted by molar-refractivity contribution is 8.24. The molecule has 0 saturated carbocycles. The topological polar surface area (TPSA) is 105 Å². The fourth-order valence-electron chi connectivity index (χ4n) is 5.19. The van der Waals surface area contributed by atoms with E-state index in [-0.39, 0.29) is 18.4 Å². The first kappa shape index (κ1) is 27.8. The van der Waals surface area contributed by atoms with Gasteiger partial charge in [0.25, 0.3) is 0 Å². The zero-order chi connectivity index (χ0) is 27.6. The number of aliphatic carboxylic acids is 1. The number of carboxylic acid groups (broad SMARTS) is 1. The molecule has 9 heteroatoms. The Balaban J connectivity index is 1.23. The molecule has 39 heavy (non-hydrogen) atoms. The van der Waals surface area contributed by atoms with Crippen molar-refractivity contribution < 1.29 is 33.2 Å². The number of benzene rings is 3. The van der Waals surface area contributed by atoms with E-state index in [9.17, 15) is 19.0 Å². The molecule has 0 aliphatic carbocycles. The molecular formula is C30H33ClO7S.